The highest BCUT2D eigenvalue weighted by atomic mass is 32.2. The molecule has 5 heteroatoms. The fourth-order valence-electron chi connectivity index (χ4n) is 1.86. The molecular formula is C14H12NO3S-. The first kappa shape index (κ1) is 13.5. The lowest BCUT2D eigenvalue weighted by Crippen LogP contribution is -2.25. The molecule has 2 aromatic rings. The Hall–Kier alpha value is -1.98. The van der Waals surface area contributed by atoms with Gasteiger partial charge in [-0.1, -0.05) is 42.5 Å². The molecule has 0 aromatic heterocycles. The minimum Gasteiger partial charge on any atom is -0.755 e. The maximum atomic E-state index is 11.6. The van der Waals surface area contributed by atoms with E-state index in [9.17, 15) is 13.6 Å². The standard InChI is InChI=1S/C14H13NO3S/c1-10-9-12(11-5-3-2-4-6-11)7-8-13(10)14(16)15-19(17)18/h2-9H,1H3,(H,15,16)(H,17,18)/p-1. The van der Waals surface area contributed by atoms with Gasteiger partial charge in [-0.05, 0) is 29.7 Å². The number of rotatable bonds is 3. The van der Waals surface area contributed by atoms with Gasteiger partial charge in [-0.2, -0.15) is 0 Å². The van der Waals surface area contributed by atoms with Crippen molar-refractivity contribution in [3.8, 4) is 11.1 Å². The molecule has 4 nitrogen and oxygen atoms in total. The summed E-state index contributed by atoms with van der Waals surface area (Å²) in [5.41, 5.74) is 3.11. The minimum absolute atomic E-state index is 0.351. The third-order valence-corrected chi connectivity index (χ3v) is 3.11. The molecule has 2 aromatic carbocycles. The molecule has 2 rings (SSSR count). The number of hydrogen-bond donors (Lipinski definition) is 1. The quantitative estimate of drug-likeness (QED) is 0.872. The number of hydrogen-bond acceptors (Lipinski definition) is 3. The first-order valence-electron chi connectivity index (χ1n) is 5.64. The van der Waals surface area contributed by atoms with Crippen molar-refractivity contribution >= 4 is 17.2 Å². The molecule has 0 fully saturated rings. The number of benzene rings is 2. The van der Waals surface area contributed by atoms with Crippen LogP contribution >= 0.6 is 0 Å². The average Bonchev–Trinajstić information content (AvgIpc) is 2.38. The summed E-state index contributed by atoms with van der Waals surface area (Å²) in [4.78, 5) is 11.6. The van der Waals surface area contributed by atoms with Crippen LogP contribution in [0.25, 0.3) is 11.1 Å². The molecule has 0 aliphatic heterocycles. The highest BCUT2D eigenvalue weighted by molar-refractivity contribution is 7.77. The van der Waals surface area contributed by atoms with Crippen LogP contribution in [0.15, 0.2) is 48.5 Å². The van der Waals surface area contributed by atoms with E-state index in [1.807, 2.05) is 41.1 Å². The highest BCUT2D eigenvalue weighted by Crippen LogP contribution is 2.22. The Bertz CT molecular complexity index is 626. The average molecular weight is 274 g/mol. The van der Waals surface area contributed by atoms with Crippen molar-refractivity contribution in [1.29, 1.82) is 0 Å². The molecule has 0 bridgehead atoms. The zero-order valence-corrected chi connectivity index (χ0v) is 11.1. The van der Waals surface area contributed by atoms with Crippen LogP contribution in [-0.4, -0.2) is 14.7 Å². The topological polar surface area (TPSA) is 69.2 Å². The van der Waals surface area contributed by atoms with Gasteiger partial charge >= 0.3 is 0 Å². The molecule has 0 spiro atoms. The minimum atomic E-state index is -2.60. The lowest BCUT2D eigenvalue weighted by molar-refractivity contribution is 0.0980. The molecule has 98 valence electrons. The molecule has 0 saturated carbocycles. The van der Waals surface area contributed by atoms with Crippen LogP contribution in [0, 0.1) is 6.92 Å². The Kier molecular flexibility index (Phi) is 4.09. The van der Waals surface area contributed by atoms with Crippen LogP contribution in [0.4, 0.5) is 0 Å². The second kappa shape index (κ2) is 5.77. The van der Waals surface area contributed by atoms with Gasteiger partial charge in [-0.25, -0.2) is 0 Å². The Labute approximate surface area is 113 Å². The van der Waals surface area contributed by atoms with Gasteiger partial charge in [0.15, 0.2) is 0 Å². The van der Waals surface area contributed by atoms with Crippen molar-refractivity contribution in [1.82, 2.24) is 4.72 Å². The molecule has 0 heterocycles. The van der Waals surface area contributed by atoms with Gasteiger partial charge in [0.2, 0.25) is 0 Å². The zero-order valence-electron chi connectivity index (χ0n) is 10.3. The fourth-order valence-corrected chi connectivity index (χ4v) is 2.12. The number of carbonyl (C=O) groups excluding carboxylic acids is 1. The highest BCUT2D eigenvalue weighted by Gasteiger charge is 2.09. The van der Waals surface area contributed by atoms with Gasteiger partial charge in [0.1, 0.15) is 0 Å². The third-order valence-electron chi connectivity index (χ3n) is 2.75. The first-order chi connectivity index (χ1) is 9.08. The van der Waals surface area contributed by atoms with Gasteiger partial charge in [-0.15, -0.1) is 0 Å². The van der Waals surface area contributed by atoms with Crippen molar-refractivity contribution in [2.45, 2.75) is 6.92 Å². The molecule has 1 unspecified atom stereocenters. The lowest BCUT2D eigenvalue weighted by Gasteiger charge is -2.10. The Balaban J connectivity index is 2.32. The van der Waals surface area contributed by atoms with Crippen LogP contribution in [0.3, 0.4) is 0 Å². The van der Waals surface area contributed by atoms with E-state index in [1.165, 1.54) is 0 Å². The van der Waals surface area contributed by atoms with Crippen LogP contribution < -0.4 is 4.72 Å². The van der Waals surface area contributed by atoms with Gasteiger partial charge in [0.25, 0.3) is 5.91 Å². The van der Waals surface area contributed by atoms with E-state index in [0.717, 1.165) is 16.7 Å². The molecule has 0 saturated heterocycles. The van der Waals surface area contributed by atoms with Crippen molar-refractivity contribution in [3.63, 3.8) is 0 Å². The maximum Gasteiger partial charge on any atom is 0.262 e. The van der Waals surface area contributed by atoms with Crippen LogP contribution in [-0.2, 0) is 11.3 Å². The maximum absolute atomic E-state index is 11.6. The summed E-state index contributed by atoms with van der Waals surface area (Å²) in [6.07, 6.45) is 0. The first-order valence-corrected chi connectivity index (χ1v) is 6.72. The van der Waals surface area contributed by atoms with E-state index in [4.69, 9.17) is 0 Å². The van der Waals surface area contributed by atoms with E-state index in [-0.39, 0.29) is 0 Å². The van der Waals surface area contributed by atoms with Gasteiger partial charge < -0.3 is 4.55 Å². The van der Waals surface area contributed by atoms with Crippen LogP contribution in [0.5, 0.6) is 0 Å². The SMILES string of the molecule is Cc1cc(-c2ccccc2)ccc1C(=O)NS(=O)[O-]. The van der Waals surface area contributed by atoms with Gasteiger partial charge in [0, 0.05) is 16.8 Å². The summed E-state index contributed by atoms with van der Waals surface area (Å²) in [7, 11) is 0. The Morgan fingerprint density at radius 2 is 1.79 bits per heavy atom. The molecule has 1 atom stereocenters. The summed E-state index contributed by atoms with van der Waals surface area (Å²) >= 11 is -2.60. The Morgan fingerprint density at radius 1 is 1.11 bits per heavy atom. The second-order valence-electron chi connectivity index (χ2n) is 4.06. The predicted octanol–water partition coefficient (Wildman–Crippen LogP) is 2.19. The predicted molar refractivity (Wildman–Crippen MR) is 73.0 cm³/mol. The molecule has 0 aliphatic rings. The van der Waals surface area contributed by atoms with Crippen molar-refractivity contribution in [2.75, 3.05) is 0 Å². The summed E-state index contributed by atoms with van der Waals surface area (Å²) in [5.74, 6) is -0.620. The molecule has 1 N–H and O–H groups in total. The summed E-state index contributed by atoms with van der Waals surface area (Å²) in [5, 5.41) is 0. The number of nitrogens with one attached hydrogen (secondary N) is 1. The fraction of sp³-hybridized carbons (Fsp3) is 0.0714. The van der Waals surface area contributed by atoms with E-state index in [0.29, 0.717) is 5.56 Å². The number of amides is 1. The normalized spacial score (nSPS) is 11.9. The van der Waals surface area contributed by atoms with Crippen molar-refractivity contribution in [2.24, 2.45) is 0 Å². The monoisotopic (exact) mass is 274 g/mol. The second-order valence-corrected chi connectivity index (χ2v) is 4.74. The zero-order chi connectivity index (χ0) is 13.8. The Morgan fingerprint density at radius 3 is 2.37 bits per heavy atom. The number of carbonyl (C=O) groups is 1. The molecule has 1 amide bonds. The van der Waals surface area contributed by atoms with Crippen molar-refractivity contribution in [3.05, 3.63) is 59.7 Å². The summed E-state index contributed by atoms with van der Waals surface area (Å²) in [6.45, 7) is 1.77. The van der Waals surface area contributed by atoms with Gasteiger partial charge in [-0.3, -0.25) is 13.7 Å². The largest absolute Gasteiger partial charge is 0.755 e. The van der Waals surface area contributed by atoms with E-state index in [2.05, 4.69) is 0 Å². The van der Waals surface area contributed by atoms with E-state index < -0.39 is 17.2 Å². The smallest absolute Gasteiger partial charge is 0.262 e. The van der Waals surface area contributed by atoms with Crippen LogP contribution in [0.1, 0.15) is 15.9 Å². The molecule has 19 heavy (non-hydrogen) atoms. The van der Waals surface area contributed by atoms with Crippen molar-refractivity contribution < 1.29 is 13.6 Å². The van der Waals surface area contributed by atoms with Gasteiger partial charge in [0.05, 0.1) is 0 Å². The molecule has 0 radical (unpaired) electrons. The third kappa shape index (κ3) is 3.27. The molecule has 0 aliphatic carbocycles. The summed E-state index contributed by atoms with van der Waals surface area (Å²) < 4.78 is 22.7. The molecular weight excluding hydrogens is 262 g/mol. The van der Waals surface area contributed by atoms with E-state index in [1.54, 1.807) is 19.1 Å². The lowest BCUT2D eigenvalue weighted by atomic mass is 10.00. The van der Waals surface area contributed by atoms with Crippen LogP contribution in [0.2, 0.25) is 0 Å². The summed E-state index contributed by atoms with van der Waals surface area (Å²) in [6, 6.07) is 15.0. The number of aryl methyl sites for hydroxylation is 1. The van der Waals surface area contributed by atoms with E-state index >= 15 is 0 Å².